The van der Waals surface area contributed by atoms with Crippen molar-refractivity contribution in [1.82, 2.24) is 4.72 Å². The maximum Gasteiger partial charge on any atom is 0.387 e. The number of amides is 1. The minimum Gasteiger partial charge on any atom is -0.435 e. The standard InChI is InChI=1S/C16H14F2N2O2S/c17-16(18)22-12-3-1-2-10(6-12)9-19-23-13-4-5-14-11(7-13)8-15(21)20-14/h1-7,16,19H,8-9H2,(H,20,21). The van der Waals surface area contributed by atoms with Gasteiger partial charge in [-0.2, -0.15) is 8.78 Å². The van der Waals surface area contributed by atoms with Crippen LogP contribution in [0.3, 0.4) is 0 Å². The van der Waals surface area contributed by atoms with Gasteiger partial charge in [-0.1, -0.05) is 12.1 Å². The molecule has 1 amide bonds. The van der Waals surface area contributed by atoms with Crippen LogP contribution < -0.4 is 14.8 Å². The highest BCUT2D eigenvalue weighted by molar-refractivity contribution is 7.97. The summed E-state index contributed by atoms with van der Waals surface area (Å²) < 4.78 is 31.9. The van der Waals surface area contributed by atoms with Gasteiger partial charge in [0, 0.05) is 17.1 Å². The summed E-state index contributed by atoms with van der Waals surface area (Å²) in [6.07, 6.45) is 0.400. The molecule has 2 aromatic rings. The third kappa shape index (κ3) is 4.20. The Labute approximate surface area is 136 Å². The van der Waals surface area contributed by atoms with Crippen molar-refractivity contribution < 1.29 is 18.3 Å². The molecule has 2 N–H and O–H groups in total. The molecule has 120 valence electrons. The molecule has 0 bridgehead atoms. The van der Waals surface area contributed by atoms with Crippen LogP contribution in [0.15, 0.2) is 47.4 Å². The zero-order valence-corrected chi connectivity index (χ0v) is 12.8. The van der Waals surface area contributed by atoms with Crippen molar-refractivity contribution in [2.75, 3.05) is 5.32 Å². The number of ether oxygens (including phenoxy) is 1. The molecular formula is C16H14F2N2O2S. The number of anilines is 1. The Morgan fingerprint density at radius 2 is 2.13 bits per heavy atom. The second-order valence-corrected chi connectivity index (χ2v) is 5.96. The number of rotatable bonds is 6. The first-order chi connectivity index (χ1) is 11.1. The van der Waals surface area contributed by atoms with Gasteiger partial charge in [-0.3, -0.25) is 9.52 Å². The molecule has 2 aromatic carbocycles. The zero-order valence-electron chi connectivity index (χ0n) is 12.0. The van der Waals surface area contributed by atoms with Gasteiger partial charge in [-0.05, 0) is 53.4 Å². The Morgan fingerprint density at radius 3 is 2.96 bits per heavy atom. The zero-order chi connectivity index (χ0) is 16.2. The van der Waals surface area contributed by atoms with Gasteiger partial charge in [0.1, 0.15) is 5.75 Å². The van der Waals surface area contributed by atoms with Crippen LogP contribution >= 0.6 is 11.9 Å². The van der Waals surface area contributed by atoms with E-state index in [2.05, 4.69) is 14.8 Å². The Morgan fingerprint density at radius 1 is 1.26 bits per heavy atom. The fraction of sp³-hybridized carbons (Fsp3) is 0.188. The van der Waals surface area contributed by atoms with E-state index in [1.54, 1.807) is 12.1 Å². The number of fused-ring (bicyclic) bond motifs is 1. The van der Waals surface area contributed by atoms with Gasteiger partial charge < -0.3 is 10.1 Å². The number of alkyl halides is 2. The summed E-state index contributed by atoms with van der Waals surface area (Å²) >= 11 is 1.42. The third-order valence-electron chi connectivity index (χ3n) is 3.29. The normalized spacial score (nSPS) is 13.1. The van der Waals surface area contributed by atoms with E-state index in [1.807, 2.05) is 24.3 Å². The molecule has 0 spiro atoms. The summed E-state index contributed by atoms with van der Waals surface area (Å²) in [5.41, 5.74) is 2.68. The van der Waals surface area contributed by atoms with E-state index in [4.69, 9.17) is 0 Å². The maximum atomic E-state index is 12.2. The van der Waals surface area contributed by atoms with Crippen LogP contribution in [-0.4, -0.2) is 12.5 Å². The summed E-state index contributed by atoms with van der Waals surface area (Å²) in [6, 6.07) is 12.3. The largest absolute Gasteiger partial charge is 0.435 e. The smallest absolute Gasteiger partial charge is 0.387 e. The molecule has 0 unspecified atom stereocenters. The van der Waals surface area contributed by atoms with E-state index >= 15 is 0 Å². The van der Waals surface area contributed by atoms with E-state index in [-0.39, 0.29) is 11.7 Å². The SMILES string of the molecule is O=C1Cc2cc(SNCc3cccc(OC(F)F)c3)ccc2N1. The van der Waals surface area contributed by atoms with Crippen LogP contribution in [0.25, 0.3) is 0 Å². The van der Waals surface area contributed by atoms with Gasteiger partial charge in [0.25, 0.3) is 0 Å². The number of benzene rings is 2. The molecule has 1 aliphatic rings. The molecule has 23 heavy (non-hydrogen) atoms. The molecule has 7 heteroatoms. The van der Waals surface area contributed by atoms with Gasteiger partial charge >= 0.3 is 6.61 Å². The predicted molar refractivity (Wildman–Crippen MR) is 84.5 cm³/mol. The summed E-state index contributed by atoms with van der Waals surface area (Å²) in [7, 11) is 0. The Balaban J connectivity index is 1.56. The van der Waals surface area contributed by atoms with E-state index in [1.165, 1.54) is 18.0 Å². The molecule has 1 heterocycles. The number of halogens is 2. The summed E-state index contributed by atoms with van der Waals surface area (Å²) in [4.78, 5) is 12.3. The molecule has 0 atom stereocenters. The van der Waals surface area contributed by atoms with Crippen molar-refractivity contribution in [2.24, 2.45) is 0 Å². The molecule has 0 aromatic heterocycles. The topological polar surface area (TPSA) is 50.4 Å². The maximum absolute atomic E-state index is 12.2. The highest BCUT2D eigenvalue weighted by Crippen LogP contribution is 2.27. The van der Waals surface area contributed by atoms with Crippen LogP contribution in [0.5, 0.6) is 5.75 Å². The summed E-state index contributed by atoms with van der Waals surface area (Å²) in [6.45, 7) is -2.32. The van der Waals surface area contributed by atoms with Crippen LogP contribution in [0.1, 0.15) is 11.1 Å². The van der Waals surface area contributed by atoms with Gasteiger partial charge in [-0.15, -0.1) is 0 Å². The van der Waals surface area contributed by atoms with Crippen LogP contribution in [0, 0.1) is 0 Å². The average molecular weight is 336 g/mol. The number of nitrogens with one attached hydrogen (secondary N) is 2. The van der Waals surface area contributed by atoms with Crippen LogP contribution in [0.2, 0.25) is 0 Å². The quantitative estimate of drug-likeness (QED) is 0.792. The minimum absolute atomic E-state index is 0.00551. The first-order valence-electron chi connectivity index (χ1n) is 6.96. The molecule has 3 rings (SSSR count). The number of hydrogen-bond donors (Lipinski definition) is 2. The Hall–Kier alpha value is -2.12. The monoisotopic (exact) mass is 336 g/mol. The van der Waals surface area contributed by atoms with Crippen molar-refractivity contribution in [1.29, 1.82) is 0 Å². The molecular weight excluding hydrogens is 322 g/mol. The van der Waals surface area contributed by atoms with Gasteiger partial charge in [-0.25, -0.2) is 0 Å². The van der Waals surface area contributed by atoms with Gasteiger partial charge in [0.15, 0.2) is 0 Å². The fourth-order valence-electron chi connectivity index (χ4n) is 2.30. The molecule has 0 saturated carbocycles. The second-order valence-electron chi connectivity index (χ2n) is 4.99. The first kappa shape index (κ1) is 15.8. The molecule has 1 aliphatic heterocycles. The van der Waals surface area contributed by atoms with E-state index < -0.39 is 6.61 Å². The average Bonchev–Trinajstić information content (AvgIpc) is 2.86. The second kappa shape index (κ2) is 6.97. The van der Waals surface area contributed by atoms with E-state index in [0.29, 0.717) is 13.0 Å². The highest BCUT2D eigenvalue weighted by atomic mass is 32.2. The Bertz CT molecular complexity index is 725. The number of carbonyl (C=O) groups is 1. The first-order valence-corrected chi connectivity index (χ1v) is 7.78. The fourth-order valence-corrected chi connectivity index (χ4v) is 3.05. The molecule has 0 aliphatic carbocycles. The van der Waals surface area contributed by atoms with Gasteiger partial charge in [0.05, 0.1) is 6.42 Å². The molecule has 4 nitrogen and oxygen atoms in total. The number of carbonyl (C=O) groups excluding carboxylic acids is 1. The lowest BCUT2D eigenvalue weighted by atomic mass is 10.2. The lowest BCUT2D eigenvalue weighted by molar-refractivity contribution is -0.115. The van der Waals surface area contributed by atoms with Crippen LogP contribution in [-0.2, 0) is 17.8 Å². The number of hydrogen-bond acceptors (Lipinski definition) is 4. The van der Waals surface area contributed by atoms with Crippen LogP contribution in [0.4, 0.5) is 14.5 Å². The summed E-state index contributed by atoms with van der Waals surface area (Å²) in [5.74, 6) is 0.150. The van der Waals surface area contributed by atoms with Crippen molar-refractivity contribution in [3.8, 4) is 5.75 Å². The van der Waals surface area contributed by atoms with Crippen molar-refractivity contribution in [3.05, 3.63) is 53.6 Å². The van der Waals surface area contributed by atoms with Crippen molar-refractivity contribution in [2.45, 2.75) is 24.5 Å². The molecule has 0 fully saturated rings. The highest BCUT2D eigenvalue weighted by Gasteiger charge is 2.17. The lowest BCUT2D eigenvalue weighted by Crippen LogP contribution is -2.05. The van der Waals surface area contributed by atoms with E-state index in [9.17, 15) is 13.6 Å². The third-order valence-corrected chi connectivity index (χ3v) is 4.07. The molecule has 0 radical (unpaired) electrons. The summed E-state index contributed by atoms with van der Waals surface area (Å²) in [5, 5.41) is 2.78. The lowest BCUT2D eigenvalue weighted by Gasteiger charge is -2.08. The predicted octanol–water partition coefficient (Wildman–Crippen LogP) is 3.58. The minimum atomic E-state index is -2.82. The van der Waals surface area contributed by atoms with E-state index in [0.717, 1.165) is 21.7 Å². The molecule has 0 saturated heterocycles. The van der Waals surface area contributed by atoms with Crippen molar-refractivity contribution in [3.63, 3.8) is 0 Å². The Kier molecular flexibility index (Phi) is 4.78. The van der Waals surface area contributed by atoms with Crippen molar-refractivity contribution >= 4 is 23.5 Å². The van der Waals surface area contributed by atoms with Gasteiger partial charge in [0.2, 0.25) is 5.91 Å².